The van der Waals surface area contributed by atoms with Gasteiger partial charge < -0.3 is 14.4 Å². The maximum Gasteiger partial charge on any atom is 0.308 e. The van der Waals surface area contributed by atoms with Crippen molar-refractivity contribution in [2.24, 2.45) is 5.92 Å². The molecule has 3 atom stereocenters. The number of hydrogen-bond acceptors (Lipinski definition) is 10. The van der Waals surface area contributed by atoms with E-state index in [-0.39, 0.29) is 28.7 Å². The second kappa shape index (κ2) is 11.5. The van der Waals surface area contributed by atoms with Crippen LogP contribution in [0.2, 0.25) is 0 Å². The van der Waals surface area contributed by atoms with Crippen LogP contribution >= 0.6 is 23.1 Å². The average molecular weight is 625 g/mol. The normalized spacial score (nSPS) is 21.4. The first kappa shape index (κ1) is 28.9. The number of benzene rings is 2. The standard InChI is InChI=1S/C29H28N4O8S2/c1-40-19-11-6-16(14-20(19)41-2)22-23-24(27(36)32(26(23)35)17-7-9-18(10-8-17)33(38)39)42-28-25(22)43-29(37)31(28)15-21(34)30-12-4-3-5-13-30/h6-11,14,22-24H,3-5,12-13,15H2,1-2H3. The first-order valence-corrected chi connectivity index (χ1v) is 15.4. The van der Waals surface area contributed by atoms with Gasteiger partial charge in [-0.2, -0.15) is 0 Å². The van der Waals surface area contributed by atoms with Crippen molar-refractivity contribution in [3.05, 3.63) is 72.7 Å². The maximum atomic E-state index is 14.1. The van der Waals surface area contributed by atoms with Gasteiger partial charge in [-0.25, -0.2) is 4.90 Å². The number of carbonyl (C=O) groups excluding carboxylic acids is 3. The Morgan fingerprint density at radius 1 is 0.977 bits per heavy atom. The molecule has 3 aliphatic heterocycles. The molecular formula is C29H28N4O8S2. The molecule has 0 saturated carbocycles. The molecule has 14 heteroatoms. The van der Waals surface area contributed by atoms with Crippen molar-refractivity contribution >= 4 is 52.2 Å². The summed E-state index contributed by atoms with van der Waals surface area (Å²) in [5.41, 5.74) is 0.710. The first-order valence-electron chi connectivity index (χ1n) is 13.8. The lowest BCUT2D eigenvalue weighted by atomic mass is 9.83. The lowest BCUT2D eigenvalue weighted by Crippen LogP contribution is -2.39. The Hall–Kier alpha value is -4.17. The van der Waals surface area contributed by atoms with Crippen LogP contribution in [0.1, 0.15) is 35.6 Å². The number of methoxy groups -OCH3 is 2. The third-order valence-electron chi connectivity index (χ3n) is 8.14. The molecule has 2 saturated heterocycles. The number of rotatable bonds is 7. The zero-order chi connectivity index (χ0) is 30.4. The SMILES string of the molecule is COc1ccc(C2c3sc(=O)n(CC(=O)N4CCCCC4)c3SC3C(=O)N(c4ccc([N+](=O)[O-])cc4)C(=O)C32)cc1OC. The van der Waals surface area contributed by atoms with Crippen molar-refractivity contribution in [2.45, 2.75) is 42.0 Å². The summed E-state index contributed by atoms with van der Waals surface area (Å²) < 4.78 is 12.4. The number of non-ortho nitro benzene ring substituents is 1. The van der Waals surface area contributed by atoms with Gasteiger partial charge in [-0.05, 0) is 49.1 Å². The Balaban J connectivity index is 1.45. The first-order chi connectivity index (χ1) is 20.7. The van der Waals surface area contributed by atoms with Crippen molar-refractivity contribution in [1.29, 1.82) is 0 Å². The lowest BCUT2D eigenvalue weighted by molar-refractivity contribution is -0.384. The number of amides is 3. The highest BCUT2D eigenvalue weighted by molar-refractivity contribution is 8.00. The predicted octanol–water partition coefficient (Wildman–Crippen LogP) is 3.64. The summed E-state index contributed by atoms with van der Waals surface area (Å²) in [7, 11) is 3.00. The van der Waals surface area contributed by atoms with Crippen molar-refractivity contribution in [2.75, 3.05) is 32.2 Å². The number of aromatic nitrogens is 1. The number of nitrogens with zero attached hydrogens (tertiary/aromatic N) is 4. The van der Waals surface area contributed by atoms with Crippen LogP contribution in [0.5, 0.6) is 11.5 Å². The fourth-order valence-electron chi connectivity index (χ4n) is 6.02. The minimum Gasteiger partial charge on any atom is -0.493 e. The van der Waals surface area contributed by atoms with E-state index < -0.39 is 33.8 Å². The molecule has 0 bridgehead atoms. The van der Waals surface area contributed by atoms with Gasteiger partial charge in [0.25, 0.3) is 5.69 Å². The van der Waals surface area contributed by atoms with E-state index in [1.807, 2.05) is 0 Å². The summed E-state index contributed by atoms with van der Waals surface area (Å²) >= 11 is 2.10. The Morgan fingerprint density at radius 2 is 1.67 bits per heavy atom. The third kappa shape index (κ3) is 4.97. The van der Waals surface area contributed by atoms with Crippen LogP contribution in [0.25, 0.3) is 0 Å². The molecular weight excluding hydrogens is 596 g/mol. The molecule has 43 heavy (non-hydrogen) atoms. The van der Waals surface area contributed by atoms with Gasteiger partial charge in [-0.15, -0.1) is 0 Å². The van der Waals surface area contributed by atoms with E-state index >= 15 is 0 Å². The Bertz CT molecular complexity index is 1680. The van der Waals surface area contributed by atoms with E-state index in [1.165, 1.54) is 43.1 Å². The second-order valence-electron chi connectivity index (χ2n) is 10.5. The number of imide groups is 1. The molecule has 3 amide bonds. The number of carbonyl (C=O) groups is 3. The number of ether oxygens (including phenoxy) is 2. The van der Waals surface area contributed by atoms with E-state index in [2.05, 4.69) is 0 Å². The largest absolute Gasteiger partial charge is 0.493 e. The number of nitro groups is 1. The van der Waals surface area contributed by atoms with Crippen molar-refractivity contribution in [1.82, 2.24) is 9.47 Å². The molecule has 0 radical (unpaired) electrons. The van der Waals surface area contributed by atoms with E-state index in [1.54, 1.807) is 23.1 Å². The van der Waals surface area contributed by atoms with Gasteiger partial charge in [0, 0.05) is 36.0 Å². The van der Waals surface area contributed by atoms with Gasteiger partial charge in [0.1, 0.15) is 11.8 Å². The lowest BCUT2D eigenvalue weighted by Gasteiger charge is -2.31. The summed E-state index contributed by atoms with van der Waals surface area (Å²) in [6.07, 6.45) is 2.89. The Morgan fingerprint density at radius 3 is 2.33 bits per heavy atom. The fourth-order valence-corrected chi connectivity index (χ4v) is 8.79. The number of nitro benzene ring substituents is 1. The number of piperidine rings is 1. The monoisotopic (exact) mass is 624 g/mol. The summed E-state index contributed by atoms with van der Waals surface area (Å²) in [5, 5.41) is 10.8. The van der Waals surface area contributed by atoms with Gasteiger partial charge in [-0.3, -0.25) is 33.9 Å². The molecule has 2 aromatic carbocycles. The molecule has 0 spiro atoms. The van der Waals surface area contributed by atoms with Crippen LogP contribution in [0.4, 0.5) is 11.4 Å². The Labute approximate surface area is 254 Å². The van der Waals surface area contributed by atoms with E-state index in [0.29, 0.717) is 40.1 Å². The Kier molecular flexibility index (Phi) is 7.73. The molecule has 0 N–H and O–H groups in total. The van der Waals surface area contributed by atoms with E-state index in [9.17, 15) is 29.3 Å². The molecule has 224 valence electrons. The molecule has 12 nitrogen and oxygen atoms in total. The number of thiazole rings is 1. The zero-order valence-corrected chi connectivity index (χ0v) is 25.0. The van der Waals surface area contributed by atoms with Crippen LogP contribution in [-0.2, 0) is 20.9 Å². The highest BCUT2D eigenvalue weighted by atomic mass is 32.2. The smallest absolute Gasteiger partial charge is 0.308 e. The van der Waals surface area contributed by atoms with E-state index in [0.717, 1.165) is 47.3 Å². The molecule has 3 unspecified atom stereocenters. The van der Waals surface area contributed by atoms with Crippen LogP contribution in [0.3, 0.4) is 0 Å². The molecule has 3 aromatic rings. The van der Waals surface area contributed by atoms with Crippen molar-refractivity contribution < 1.29 is 28.8 Å². The summed E-state index contributed by atoms with van der Waals surface area (Å²) in [5.74, 6) is -1.78. The van der Waals surface area contributed by atoms with Crippen LogP contribution in [-0.4, -0.2) is 64.7 Å². The number of likely N-dealkylation sites (tertiary alicyclic amines) is 1. The third-order valence-corrected chi connectivity index (χ3v) is 10.7. The molecule has 1 aromatic heterocycles. The van der Waals surface area contributed by atoms with Crippen LogP contribution in [0.15, 0.2) is 52.3 Å². The fraction of sp³-hybridized carbons (Fsp3) is 0.379. The molecule has 6 rings (SSSR count). The number of hydrogen-bond donors (Lipinski definition) is 0. The van der Waals surface area contributed by atoms with Gasteiger partial charge in [0.2, 0.25) is 17.7 Å². The quantitative estimate of drug-likeness (QED) is 0.219. The summed E-state index contributed by atoms with van der Waals surface area (Å²) in [4.78, 5) is 68.3. The van der Waals surface area contributed by atoms with Gasteiger partial charge >= 0.3 is 4.87 Å². The average Bonchev–Trinajstić information content (AvgIpc) is 3.47. The van der Waals surface area contributed by atoms with Crippen molar-refractivity contribution in [3.8, 4) is 11.5 Å². The van der Waals surface area contributed by atoms with Gasteiger partial charge in [0.05, 0.1) is 35.8 Å². The highest BCUT2D eigenvalue weighted by Gasteiger charge is 2.57. The number of fused-ring (bicyclic) bond motifs is 2. The molecule has 3 aliphatic rings. The summed E-state index contributed by atoms with van der Waals surface area (Å²) in [6.45, 7) is 1.13. The van der Waals surface area contributed by atoms with Crippen LogP contribution in [0, 0.1) is 16.0 Å². The molecule has 0 aliphatic carbocycles. The van der Waals surface area contributed by atoms with Gasteiger partial charge in [-0.1, -0.05) is 29.2 Å². The highest BCUT2D eigenvalue weighted by Crippen LogP contribution is 2.54. The number of thioether (sulfide) groups is 1. The molecule has 4 heterocycles. The van der Waals surface area contributed by atoms with E-state index in [4.69, 9.17) is 9.47 Å². The zero-order valence-electron chi connectivity index (χ0n) is 23.4. The minimum atomic E-state index is -0.890. The van der Waals surface area contributed by atoms with Crippen molar-refractivity contribution in [3.63, 3.8) is 0 Å². The maximum absolute atomic E-state index is 14.1. The summed E-state index contributed by atoms with van der Waals surface area (Å²) in [6, 6.07) is 10.5. The van der Waals surface area contributed by atoms with Gasteiger partial charge in [0.15, 0.2) is 11.5 Å². The van der Waals surface area contributed by atoms with Crippen LogP contribution < -0.4 is 19.2 Å². The second-order valence-corrected chi connectivity index (χ2v) is 12.6. The predicted molar refractivity (Wildman–Crippen MR) is 159 cm³/mol. The molecule has 2 fully saturated rings. The minimum absolute atomic E-state index is 0.151. The topological polar surface area (TPSA) is 141 Å². The number of anilines is 1.